The lowest BCUT2D eigenvalue weighted by Crippen LogP contribution is -2.12. The molecule has 0 saturated heterocycles. The van der Waals surface area contributed by atoms with Crippen LogP contribution in [0.1, 0.15) is 5.56 Å². The molecule has 0 spiro atoms. The molecule has 0 aliphatic rings. The first kappa shape index (κ1) is 15.7. The van der Waals surface area contributed by atoms with E-state index in [0.29, 0.717) is 11.3 Å². The summed E-state index contributed by atoms with van der Waals surface area (Å²) in [4.78, 5) is 15.0. The van der Waals surface area contributed by atoms with Crippen molar-refractivity contribution in [3.63, 3.8) is 0 Å². The van der Waals surface area contributed by atoms with Crippen molar-refractivity contribution in [2.24, 2.45) is 5.90 Å². The number of anilines is 1. The third kappa shape index (κ3) is 4.18. The molecule has 0 saturated carbocycles. The molecule has 2 aromatic carbocycles. The summed E-state index contributed by atoms with van der Waals surface area (Å²) < 4.78 is 26.9. The van der Waals surface area contributed by atoms with Gasteiger partial charge in [-0.3, -0.25) is 4.72 Å². The van der Waals surface area contributed by atoms with Gasteiger partial charge in [-0.05, 0) is 35.9 Å². The van der Waals surface area contributed by atoms with Gasteiger partial charge in [0.1, 0.15) is 0 Å². The van der Waals surface area contributed by atoms with Crippen molar-refractivity contribution in [2.45, 2.75) is 4.90 Å². The number of nitrogens with one attached hydrogen (secondary N) is 1. The minimum absolute atomic E-state index is 0.120. The quantitative estimate of drug-likeness (QED) is 0.648. The number of benzene rings is 2. The molecule has 0 amide bonds. The fourth-order valence-corrected chi connectivity index (χ4v) is 2.74. The van der Waals surface area contributed by atoms with Gasteiger partial charge in [0.2, 0.25) is 0 Å². The number of rotatable bonds is 5. The lowest BCUT2D eigenvalue weighted by molar-refractivity contribution is -0.138. The van der Waals surface area contributed by atoms with Gasteiger partial charge in [-0.2, -0.15) is 5.90 Å². The van der Waals surface area contributed by atoms with E-state index in [1.807, 2.05) is 0 Å². The van der Waals surface area contributed by atoms with E-state index in [1.54, 1.807) is 42.5 Å². The van der Waals surface area contributed by atoms with E-state index >= 15 is 0 Å². The van der Waals surface area contributed by atoms with Gasteiger partial charge >= 0.3 is 5.97 Å². The highest BCUT2D eigenvalue weighted by atomic mass is 32.2. The molecule has 2 aromatic rings. The van der Waals surface area contributed by atoms with Crippen LogP contribution >= 0.6 is 0 Å². The molecule has 0 aliphatic heterocycles. The van der Waals surface area contributed by atoms with E-state index in [4.69, 9.17) is 5.90 Å². The Hall–Kier alpha value is -2.64. The predicted octanol–water partition coefficient (Wildman–Crippen LogP) is 1.92. The van der Waals surface area contributed by atoms with Crippen LogP contribution in [0.25, 0.3) is 6.08 Å². The second kappa shape index (κ2) is 6.88. The molecule has 0 unspecified atom stereocenters. The van der Waals surface area contributed by atoms with Gasteiger partial charge in [0.15, 0.2) is 0 Å². The Kier molecular flexibility index (Phi) is 4.92. The number of carbonyl (C=O) groups excluding carboxylic acids is 1. The largest absolute Gasteiger partial charge is 0.370 e. The van der Waals surface area contributed by atoms with Gasteiger partial charge < -0.3 is 4.84 Å². The minimum atomic E-state index is -3.65. The third-order valence-corrected chi connectivity index (χ3v) is 4.14. The van der Waals surface area contributed by atoms with Crippen LogP contribution in [0.5, 0.6) is 0 Å². The van der Waals surface area contributed by atoms with E-state index < -0.39 is 16.0 Å². The second-order valence-electron chi connectivity index (χ2n) is 4.31. The molecule has 0 heterocycles. The highest BCUT2D eigenvalue weighted by molar-refractivity contribution is 7.92. The Labute approximate surface area is 128 Å². The van der Waals surface area contributed by atoms with Gasteiger partial charge in [0.05, 0.1) is 4.90 Å². The highest BCUT2D eigenvalue weighted by Gasteiger charge is 2.13. The summed E-state index contributed by atoms with van der Waals surface area (Å²) in [5, 5.41) is 0. The molecule has 0 atom stereocenters. The lowest BCUT2D eigenvalue weighted by atomic mass is 10.2. The summed E-state index contributed by atoms with van der Waals surface area (Å²) in [5.41, 5.74) is 1.13. The molecule has 0 fully saturated rings. The zero-order chi connectivity index (χ0) is 16.0. The monoisotopic (exact) mass is 318 g/mol. The normalized spacial score (nSPS) is 11.3. The van der Waals surface area contributed by atoms with E-state index in [9.17, 15) is 13.2 Å². The topological polar surface area (TPSA) is 98.5 Å². The van der Waals surface area contributed by atoms with E-state index in [0.717, 1.165) is 6.08 Å². The molecule has 0 bridgehead atoms. The van der Waals surface area contributed by atoms with E-state index in [1.165, 1.54) is 18.2 Å². The average molecular weight is 318 g/mol. The summed E-state index contributed by atoms with van der Waals surface area (Å²) in [5.74, 6) is 4.01. The number of hydrogen-bond acceptors (Lipinski definition) is 5. The zero-order valence-corrected chi connectivity index (χ0v) is 12.3. The fraction of sp³-hybridized carbons (Fsp3) is 0. The van der Waals surface area contributed by atoms with Crippen molar-refractivity contribution in [3.05, 3.63) is 66.2 Å². The average Bonchev–Trinajstić information content (AvgIpc) is 2.53. The first-order valence-electron chi connectivity index (χ1n) is 6.28. The molecule has 0 aromatic heterocycles. The molecule has 0 radical (unpaired) electrons. The Morgan fingerprint density at radius 1 is 1.05 bits per heavy atom. The number of hydrogen-bond donors (Lipinski definition) is 2. The van der Waals surface area contributed by atoms with Crippen LogP contribution in [0.3, 0.4) is 0 Å². The third-order valence-electron chi connectivity index (χ3n) is 2.74. The Balaban J connectivity index is 2.15. The lowest BCUT2D eigenvalue weighted by Gasteiger charge is -2.08. The second-order valence-corrected chi connectivity index (χ2v) is 5.99. The van der Waals surface area contributed by atoms with Gasteiger partial charge in [-0.25, -0.2) is 13.2 Å². The molecular weight excluding hydrogens is 304 g/mol. The summed E-state index contributed by atoms with van der Waals surface area (Å²) in [7, 11) is -3.65. The molecule has 7 heteroatoms. The van der Waals surface area contributed by atoms with Crippen LogP contribution in [-0.4, -0.2) is 14.4 Å². The molecule has 2 rings (SSSR count). The first-order chi connectivity index (χ1) is 10.5. The molecule has 114 valence electrons. The number of nitrogens with two attached hydrogens (primary N) is 1. The van der Waals surface area contributed by atoms with Crippen LogP contribution in [0.4, 0.5) is 5.69 Å². The number of carbonyl (C=O) groups is 1. The molecule has 3 N–H and O–H groups in total. The standard InChI is InChI=1S/C15H14N2O4S/c16-21-15(18)11-8-12-6-9-14(10-7-12)22(19,20)17-13-4-2-1-3-5-13/h1-11,17H,16H2/b11-8+. The predicted molar refractivity (Wildman–Crippen MR) is 83.0 cm³/mol. The van der Waals surface area contributed by atoms with Crippen LogP contribution in [0.15, 0.2) is 65.6 Å². The van der Waals surface area contributed by atoms with E-state index in [-0.39, 0.29) is 4.90 Å². The maximum absolute atomic E-state index is 12.2. The fourth-order valence-electron chi connectivity index (χ4n) is 1.68. The highest BCUT2D eigenvalue weighted by Crippen LogP contribution is 2.16. The van der Waals surface area contributed by atoms with Crippen LogP contribution in [-0.2, 0) is 19.7 Å². The van der Waals surface area contributed by atoms with Crippen molar-refractivity contribution in [2.75, 3.05) is 4.72 Å². The van der Waals surface area contributed by atoms with Crippen LogP contribution in [0.2, 0.25) is 0 Å². The van der Waals surface area contributed by atoms with Crippen LogP contribution < -0.4 is 10.6 Å². The van der Waals surface area contributed by atoms with Gasteiger partial charge in [-0.15, -0.1) is 0 Å². The van der Waals surface area contributed by atoms with Gasteiger partial charge in [0, 0.05) is 11.8 Å². The maximum Gasteiger partial charge on any atom is 0.349 e. The Bertz CT molecular complexity index is 769. The van der Waals surface area contributed by atoms with Crippen molar-refractivity contribution in [1.29, 1.82) is 0 Å². The smallest absolute Gasteiger partial charge is 0.349 e. The van der Waals surface area contributed by atoms with Gasteiger partial charge in [-0.1, -0.05) is 30.3 Å². The minimum Gasteiger partial charge on any atom is -0.370 e. The Morgan fingerprint density at radius 3 is 2.27 bits per heavy atom. The van der Waals surface area contributed by atoms with Crippen molar-refractivity contribution < 1.29 is 18.0 Å². The van der Waals surface area contributed by atoms with Crippen molar-refractivity contribution >= 4 is 27.8 Å². The Morgan fingerprint density at radius 2 is 1.68 bits per heavy atom. The van der Waals surface area contributed by atoms with Crippen LogP contribution in [0, 0.1) is 0 Å². The SMILES string of the molecule is NOC(=O)/C=C/c1ccc(S(=O)(=O)Nc2ccccc2)cc1. The van der Waals surface area contributed by atoms with E-state index in [2.05, 4.69) is 9.56 Å². The summed E-state index contributed by atoms with van der Waals surface area (Å²) >= 11 is 0. The zero-order valence-electron chi connectivity index (χ0n) is 11.5. The van der Waals surface area contributed by atoms with Crippen molar-refractivity contribution in [1.82, 2.24) is 0 Å². The van der Waals surface area contributed by atoms with Gasteiger partial charge in [0.25, 0.3) is 10.0 Å². The summed E-state index contributed by atoms with van der Waals surface area (Å²) in [6.07, 6.45) is 2.61. The molecule has 0 aliphatic carbocycles. The summed E-state index contributed by atoms with van der Waals surface area (Å²) in [6.45, 7) is 0. The molecular formula is C15H14N2O4S. The molecule has 6 nitrogen and oxygen atoms in total. The number of para-hydroxylation sites is 1. The maximum atomic E-state index is 12.2. The van der Waals surface area contributed by atoms with Crippen molar-refractivity contribution in [3.8, 4) is 0 Å². The first-order valence-corrected chi connectivity index (χ1v) is 7.76. The summed E-state index contributed by atoms with van der Waals surface area (Å²) in [6, 6.07) is 14.6. The number of sulfonamides is 1. The molecule has 22 heavy (non-hydrogen) atoms.